The molecule has 0 spiro atoms. The lowest BCUT2D eigenvalue weighted by atomic mass is 9.95. The van der Waals surface area contributed by atoms with E-state index in [9.17, 15) is 14.0 Å². The van der Waals surface area contributed by atoms with Crippen molar-refractivity contribution in [3.8, 4) is 0 Å². The van der Waals surface area contributed by atoms with Crippen molar-refractivity contribution in [2.75, 3.05) is 11.9 Å². The third kappa shape index (κ3) is 6.34. The number of aryl methyl sites for hydroxylation is 1. The number of carbonyl (C=O) groups is 2. The number of nitrogens with one attached hydrogen (secondary N) is 2. The first-order chi connectivity index (χ1) is 15.4. The van der Waals surface area contributed by atoms with E-state index in [0.29, 0.717) is 28.4 Å². The number of amides is 1. The van der Waals surface area contributed by atoms with Crippen LogP contribution in [0.1, 0.15) is 52.6 Å². The molecule has 0 aliphatic carbocycles. The summed E-state index contributed by atoms with van der Waals surface area (Å²) in [6.07, 6.45) is 0. The predicted octanol–water partition coefficient (Wildman–Crippen LogP) is 7.19. The van der Waals surface area contributed by atoms with E-state index in [1.54, 1.807) is 49.4 Å². The molecule has 0 aliphatic heterocycles. The van der Waals surface area contributed by atoms with Gasteiger partial charge in [-0.05, 0) is 66.4 Å². The van der Waals surface area contributed by atoms with E-state index in [0.717, 1.165) is 5.56 Å². The van der Waals surface area contributed by atoms with Gasteiger partial charge in [0.2, 0.25) is 0 Å². The molecule has 33 heavy (non-hydrogen) atoms. The van der Waals surface area contributed by atoms with E-state index in [2.05, 4.69) is 10.6 Å². The molecule has 1 amide bonds. The smallest absolute Gasteiger partial charge is 0.251 e. The van der Waals surface area contributed by atoms with Gasteiger partial charge in [-0.1, -0.05) is 50.0 Å². The van der Waals surface area contributed by atoms with Crippen LogP contribution in [0.3, 0.4) is 0 Å². The molecule has 0 saturated heterocycles. The van der Waals surface area contributed by atoms with Crippen LogP contribution in [0.5, 0.6) is 0 Å². The molecule has 7 heteroatoms. The summed E-state index contributed by atoms with van der Waals surface area (Å²) in [6.45, 7) is 8.40. The highest BCUT2D eigenvalue weighted by atomic mass is 35.5. The Hall–Kier alpha value is -2.89. The highest BCUT2D eigenvalue weighted by molar-refractivity contribution is 6.35. The van der Waals surface area contributed by atoms with Crippen LogP contribution in [-0.4, -0.2) is 18.2 Å². The average molecular weight is 487 g/mol. The first-order valence-corrected chi connectivity index (χ1v) is 11.2. The number of anilines is 2. The van der Waals surface area contributed by atoms with Crippen LogP contribution in [0.15, 0.2) is 54.6 Å². The molecule has 0 heterocycles. The standard InChI is InChI=1S/C26H25Cl2FN2O2/c1-15-5-6-16(25(33)30-14-26(2,3)4)11-20(15)24(32)19-9-8-18(13-21(19)28)31-23-10-7-17(27)12-22(23)29/h5-13,31H,14H2,1-4H3,(H,30,33). The summed E-state index contributed by atoms with van der Waals surface area (Å²) < 4.78 is 14.1. The average Bonchev–Trinajstić information content (AvgIpc) is 2.73. The minimum absolute atomic E-state index is 0.0583. The second-order valence-electron chi connectivity index (χ2n) is 9.05. The molecular weight excluding hydrogens is 462 g/mol. The van der Waals surface area contributed by atoms with Crippen molar-refractivity contribution >= 4 is 46.3 Å². The van der Waals surface area contributed by atoms with Crippen LogP contribution >= 0.6 is 23.2 Å². The minimum atomic E-state index is -0.504. The van der Waals surface area contributed by atoms with Crippen molar-refractivity contribution in [3.05, 3.63) is 92.7 Å². The molecule has 0 aliphatic rings. The fraction of sp³-hybridized carbons (Fsp3) is 0.231. The maximum Gasteiger partial charge on any atom is 0.251 e. The highest BCUT2D eigenvalue weighted by Gasteiger charge is 2.19. The summed E-state index contributed by atoms with van der Waals surface area (Å²) in [6, 6.07) is 14.1. The molecule has 0 unspecified atom stereocenters. The van der Waals surface area contributed by atoms with Gasteiger partial charge in [0.25, 0.3) is 5.91 Å². The third-order valence-corrected chi connectivity index (χ3v) is 5.50. The van der Waals surface area contributed by atoms with Gasteiger partial charge in [0.1, 0.15) is 5.82 Å². The number of rotatable bonds is 6. The molecule has 3 aromatic rings. The van der Waals surface area contributed by atoms with E-state index < -0.39 is 5.82 Å². The van der Waals surface area contributed by atoms with Crippen LogP contribution in [0.4, 0.5) is 15.8 Å². The van der Waals surface area contributed by atoms with E-state index in [1.807, 2.05) is 20.8 Å². The quantitative estimate of drug-likeness (QED) is 0.362. The molecule has 3 aromatic carbocycles. The lowest BCUT2D eigenvalue weighted by molar-refractivity contribution is 0.0939. The van der Waals surface area contributed by atoms with E-state index in [1.165, 1.54) is 12.1 Å². The molecule has 0 aromatic heterocycles. The molecule has 0 saturated carbocycles. The number of ketones is 1. The Morgan fingerprint density at radius 3 is 2.30 bits per heavy atom. The van der Waals surface area contributed by atoms with Gasteiger partial charge in [-0.25, -0.2) is 4.39 Å². The SMILES string of the molecule is Cc1ccc(C(=O)NCC(C)(C)C)cc1C(=O)c1ccc(Nc2ccc(Cl)cc2F)cc1Cl. The van der Waals surface area contributed by atoms with Gasteiger partial charge in [-0.15, -0.1) is 0 Å². The molecular formula is C26H25Cl2FN2O2. The second kappa shape index (κ2) is 9.94. The Balaban J connectivity index is 1.83. The van der Waals surface area contributed by atoms with Gasteiger partial charge in [-0.2, -0.15) is 0 Å². The van der Waals surface area contributed by atoms with E-state index in [4.69, 9.17) is 23.2 Å². The first kappa shape index (κ1) is 24.7. The summed E-state index contributed by atoms with van der Waals surface area (Å²) in [5.41, 5.74) is 2.51. The molecule has 0 bridgehead atoms. The second-order valence-corrected chi connectivity index (χ2v) is 9.89. The van der Waals surface area contributed by atoms with Crippen molar-refractivity contribution in [3.63, 3.8) is 0 Å². The molecule has 0 atom stereocenters. The van der Waals surface area contributed by atoms with Gasteiger partial charge in [0.15, 0.2) is 5.78 Å². The van der Waals surface area contributed by atoms with Crippen LogP contribution in [0.2, 0.25) is 10.0 Å². The first-order valence-electron chi connectivity index (χ1n) is 10.4. The van der Waals surface area contributed by atoms with Crippen molar-refractivity contribution in [1.29, 1.82) is 0 Å². The molecule has 172 valence electrons. The zero-order valence-electron chi connectivity index (χ0n) is 18.9. The Kier molecular flexibility index (Phi) is 7.45. The number of benzene rings is 3. The van der Waals surface area contributed by atoms with Gasteiger partial charge in [0, 0.05) is 33.9 Å². The van der Waals surface area contributed by atoms with Crippen LogP contribution in [0.25, 0.3) is 0 Å². The number of hydrogen-bond acceptors (Lipinski definition) is 3. The maximum atomic E-state index is 14.1. The van der Waals surface area contributed by atoms with Gasteiger partial charge in [-0.3, -0.25) is 9.59 Å². The van der Waals surface area contributed by atoms with Crippen molar-refractivity contribution in [2.24, 2.45) is 5.41 Å². The summed E-state index contributed by atoms with van der Waals surface area (Å²) in [7, 11) is 0. The normalized spacial score (nSPS) is 11.2. The minimum Gasteiger partial charge on any atom is -0.353 e. The molecule has 2 N–H and O–H groups in total. The van der Waals surface area contributed by atoms with E-state index in [-0.39, 0.29) is 33.4 Å². The number of hydrogen-bond donors (Lipinski definition) is 2. The van der Waals surface area contributed by atoms with Crippen molar-refractivity contribution in [2.45, 2.75) is 27.7 Å². The third-order valence-electron chi connectivity index (χ3n) is 4.95. The topological polar surface area (TPSA) is 58.2 Å². The fourth-order valence-electron chi connectivity index (χ4n) is 3.12. The monoisotopic (exact) mass is 486 g/mol. The zero-order chi connectivity index (χ0) is 24.3. The van der Waals surface area contributed by atoms with Gasteiger partial charge < -0.3 is 10.6 Å². The summed E-state index contributed by atoms with van der Waals surface area (Å²) in [5, 5.41) is 6.32. The maximum absolute atomic E-state index is 14.1. The summed E-state index contributed by atoms with van der Waals surface area (Å²) in [4.78, 5) is 25.8. The molecule has 0 radical (unpaired) electrons. The Morgan fingerprint density at radius 1 is 0.939 bits per heavy atom. The van der Waals surface area contributed by atoms with Crippen LogP contribution < -0.4 is 10.6 Å². The van der Waals surface area contributed by atoms with Crippen molar-refractivity contribution < 1.29 is 14.0 Å². The van der Waals surface area contributed by atoms with Gasteiger partial charge in [0.05, 0.1) is 10.7 Å². The van der Waals surface area contributed by atoms with Crippen molar-refractivity contribution in [1.82, 2.24) is 5.32 Å². The summed E-state index contributed by atoms with van der Waals surface area (Å²) in [5.74, 6) is -1.04. The fourth-order valence-corrected chi connectivity index (χ4v) is 3.55. The lowest BCUT2D eigenvalue weighted by Gasteiger charge is -2.19. The van der Waals surface area contributed by atoms with Gasteiger partial charge >= 0.3 is 0 Å². The van der Waals surface area contributed by atoms with Crippen LogP contribution in [-0.2, 0) is 0 Å². The summed E-state index contributed by atoms with van der Waals surface area (Å²) >= 11 is 12.2. The van der Waals surface area contributed by atoms with Crippen LogP contribution in [0, 0.1) is 18.2 Å². The zero-order valence-corrected chi connectivity index (χ0v) is 20.4. The predicted molar refractivity (Wildman–Crippen MR) is 133 cm³/mol. The largest absolute Gasteiger partial charge is 0.353 e. The Morgan fingerprint density at radius 2 is 1.67 bits per heavy atom. The Bertz CT molecular complexity index is 1220. The lowest BCUT2D eigenvalue weighted by Crippen LogP contribution is -2.32. The molecule has 4 nitrogen and oxygen atoms in total. The van der Waals surface area contributed by atoms with E-state index >= 15 is 0 Å². The number of halogens is 3. The molecule has 0 fully saturated rings. The Labute approximate surface area is 203 Å². The number of carbonyl (C=O) groups excluding carboxylic acids is 2. The highest BCUT2D eigenvalue weighted by Crippen LogP contribution is 2.28. The molecule has 3 rings (SSSR count).